The highest BCUT2D eigenvalue weighted by molar-refractivity contribution is 14.1. The van der Waals surface area contributed by atoms with E-state index in [2.05, 4.69) is 0 Å². The zero-order valence-electron chi connectivity index (χ0n) is 12.2. The number of phenolic OH excluding ortho intramolecular Hbond substituents is 1. The number of halogens is 2. The summed E-state index contributed by atoms with van der Waals surface area (Å²) in [4.78, 5) is 26.2. The number of imide groups is 1. The number of aromatic hydroxyl groups is 1. The first-order valence-electron chi connectivity index (χ1n) is 6.92. The van der Waals surface area contributed by atoms with Crippen molar-refractivity contribution in [1.82, 2.24) is 4.90 Å². The minimum absolute atomic E-state index is 0.184. The first-order chi connectivity index (χ1) is 11.4. The molecule has 2 amide bonds. The maximum atomic E-state index is 12.5. The van der Waals surface area contributed by atoms with Gasteiger partial charge in [0, 0.05) is 5.02 Å². The van der Waals surface area contributed by atoms with Gasteiger partial charge >= 0.3 is 0 Å². The predicted molar refractivity (Wildman–Crippen MR) is 104 cm³/mol. The van der Waals surface area contributed by atoms with Gasteiger partial charge in [-0.15, -0.1) is 0 Å². The number of hydrogen-bond donors (Lipinski definition) is 1. The molecule has 1 aliphatic rings. The summed E-state index contributed by atoms with van der Waals surface area (Å²) in [6.45, 7) is 0.215. The van der Waals surface area contributed by atoms with E-state index in [0.717, 1.165) is 22.9 Å². The molecule has 4 nitrogen and oxygen atoms in total. The fourth-order valence-corrected chi connectivity index (χ4v) is 3.68. The van der Waals surface area contributed by atoms with Crippen LogP contribution < -0.4 is 0 Å². The smallest absolute Gasteiger partial charge is 0.293 e. The molecule has 0 spiro atoms. The van der Waals surface area contributed by atoms with Crippen LogP contribution in [0.3, 0.4) is 0 Å². The first-order valence-corrected chi connectivity index (χ1v) is 9.20. The molecule has 1 N–H and O–H groups in total. The highest BCUT2D eigenvalue weighted by atomic mass is 127. The van der Waals surface area contributed by atoms with E-state index in [1.807, 2.05) is 22.6 Å². The Balaban J connectivity index is 1.81. The lowest BCUT2D eigenvalue weighted by Gasteiger charge is -2.12. The molecule has 2 aromatic carbocycles. The molecule has 0 saturated carbocycles. The Kier molecular flexibility index (Phi) is 5.17. The molecule has 0 aliphatic carbocycles. The van der Waals surface area contributed by atoms with E-state index in [1.54, 1.807) is 48.5 Å². The highest BCUT2D eigenvalue weighted by Gasteiger charge is 2.34. The van der Waals surface area contributed by atoms with Gasteiger partial charge in [-0.25, -0.2) is 0 Å². The van der Waals surface area contributed by atoms with Gasteiger partial charge in [0.05, 0.1) is 15.0 Å². The summed E-state index contributed by atoms with van der Waals surface area (Å²) in [7, 11) is 0. The Labute approximate surface area is 161 Å². The number of benzene rings is 2. The second kappa shape index (κ2) is 7.16. The zero-order chi connectivity index (χ0) is 17.3. The average molecular weight is 472 g/mol. The number of carbonyl (C=O) groups excluding carboxylic acids is 2. The Morgan fingerprint density at radius 3 is 2.54 bits per heavy atom. The molecule has 0 atom stereocenters. The molecule has 0 unspecified atom stereocenters. The van der Waals surface area contributed by atoms with Crippen LogP contribution >= 0.6 is 46.0 Å². The lowest BCUT2D eigenvalue weighted by atomic mass is 10.2. The number of rotatable bonds is 3. The van der Waals surface area contributed by atoms with E-state index in [4.69, 9.17) is 11.6 Å². The van der Waals surface area contributed by atoms with E-state index >= 15 is 0 Å². The van der Waals surface area contributed by atoms with Gasteiger partial charge in [0.25, 0.3) is 11.1 Å². The summed E-state index contributed by atoms with van der Waals surface area (Å²) in [5.41, 5.74) is 1.59. The molecule has 24 heavy (non-hydrogen) atoms. The van der Waals surface area contributed by atoms with Gasteiger partial charge in [-0.3, -0.25) is 14.5 Å². The van der Waals surface area contributed by atoms with Crippen LogP contribution in [-0.4, -0.2) is 21.2 Å². The standard InChI is InChI=1S/C17H11ClINO3S/c18-12-4-1-10(2-5-12)9-20-16(22)15(24-17(20)23)8-11-3-6-14(21)13(19)7-11/h1-8,21H,9H2/b15-8-. The number of nitrogens with zero attached hydrogens (tertiary/aromatic N) is 1. The van der Waals surface area contributed by atoms with Gasteiger partial charge in [-0.2, -0.15) is 0 Å². The van der Waals surface area contributed by atoms with Gasteiger partial charge in [0.2, 0.25) is 0 Å². The van der Waals surface area contributed by atoms with Crippen LogP contribution in [0.1, 0.15) is 11.1 Å². The van der Waals surface area contributed by atoms with E-state index in [9.17, 15) is 14.7 Å². The van der Waals surface area contributed by atoms with Gasteiger partial charge in [-0.05, 0) is 75.8 Å². The molecular weight excluding hydrogens is 461 g/mol. The molecule has 3 rings (SSSR count). The number of phenols is 1. The van der Waals surface area contributed by atoms with Crippen molar-refractivity contribution in [3.05, 3.63) is 67.1 Å². The maximum absolute atomic E-state index is 12.5. The Morgan fingerprint density at radius 1 is 1.17 bits per heavy atom. The fourth-order valence-electron chi connectivity index (χ4n) is 2.17. The van der Waals surface area contributed by atoms with Gasteiger partial charge in [0.1, 0.15) is 5.75 Å². The molecular formula is C17H11ClINO3S. The van der Waals surface area contributed by atoms with Crippen LogP contribution in [0.2, 0.25) is 5.02 Å². The topological polar surface area (TPSA) is 57.6 Å². The summed E-state index contributed by atoms with van der Waals surface area (Å²) in [6, 6.07) is 12.0. The Bertz CT molecular complexity index is 851. The third kappa shape index (κ3) is 3.76. The lowest BCUT2D eigenvalue weighted by molar-refractivity contribution is -0.123. The van der Waals surface area contributed by atoms with Crippen molar-refractivity contribution >= 4 is 63.2 Å². The zero-order valence-corrected chi connectivity index (χ0v) is 15.9. The summed E-state index contributed by atoms with van der Waals surface area (Å²) in [6.07, 6.45) is 1.66. The minimum atomic E-state index is -0.317. The third-order valence-corrected chi connectivity index (χ3v) is 5.42. The summed E-state index contributed by atoms with van der Waals surface area (Å²) >= 11 is 8.77. The summed E-state index contributed by atoms with van der Waals surface area (Å²) in [5.74, 6) is -0.133. The Morgan fingerprint density at radius 2 is 1.88 bits per heavy atom. The third-order valence-electron chi connectivity index (χ3n) is 3.40. The molecule has 0 aromatic heterocycles. The monoisotopic (exact) mass is 471 g/mol. The van der Waals surface area contributed by atoms with E-state index in [1.165, 1.54) is 4.90 Å². The molecule has 1 saturated heterocycles. The van der Waals surface area contributed by atoms with Gasteiger partial charge in [0.15, 0.2) is 0 Å². The maximum Gasteiger partial charge on any atom is 0.293 e. The molecule has 0 bridgehead atoms. The minimum Gasteiger partial charge on any atom is -0.507 e. The second-order valence-corrected chi connectivity index (χ2v) is 7.70. The number of hydrogen-bond acceptors (Lipinski definition) is 4. The Hall–Kier alpha value is -1.51. The molecule has 122 valence electrons. The van der Waals surface area contributed by atoms with E-state index in [0.29, 0.717) is 13.5 Å². The average Bonchev–Trinajstić information content (AvgIpc) is 2.80. The van der Waals surface area contributed by atoms with Gasteiger partial charge < -0.3 is 5.11 Å². The van der Waals surface area contributed by atoms with Gasteiger partial charge in [-0.1, -0.05) is 29.8 Å². The SMILES string of the molecule is O=C1S/C(=C\c2ccc(O)c(I)c2)C(=O)N1Cc1ccc(Cl)cc1. The molecule has 2 aromatic rings. The number of amides is 2. The number of thioether (sulfide) groups is 1. The molecule has 7 heteroatoms. The normalized spacial score (nSPS) is 16.2. The quantitative estimate of drug-likeness (QED) is 0.512. The molecule has 1 heterocycles. The molecule has 0 radical (unpaired) electrons. The predicted octanol–water partition coefficient (Wildman–Crippen LogP) is 4.89. The van der Waals surface area contributed by atoms with E-state index < -0.39 is 0 Å². The summed E-state index contributed by atoms with van der Waals surface area (Å²) in [5, 5.41) is 9.86. The summed E-state index contributed by atoms with van der Waals surface area (Å²) < 4.78 is 0.682. The van der Waals surface area contributed by atoms with Crippen molar-refractivity contribution in [2.45, 2.75) is 6.54 Å². The molecule has 1 aliphatic heterocycles. The van der Waals surface area contributed by atoms with Crippen LogP contribution in [-0.2, 0) is 11.3 Å². The van der Waals surface area contributed by atoms with Crippen molar-refractivity contribution in [1.29, 1.82) is 0 Å². The fraction of sp³-hybridized carbons (Fsp3) is 0.0588. The highest BCUT2D eigenvalue weighted by Crippen LogP contribution is 2.34. The lowest BCUT2D eigenvalue weighted by Crippen LogP contribution is -2.27. The first kappa shape index (κ1) is 17.3. The van der Waals surface area contributed by atoms with Crippen molar-refractivity contribution in [2.75, 3.05) is 0 Å². The number of carbonyl (C=O) groups is 2. The van der Waals surface area contributed by atoms with Crippen LogP contribution in [0.5, 0.6) is 5.75 Å². The second-order valence-electron chi connectivity index (χ2n) is 5.11. The van der Waals surface area contributed by atoms with Crippen LogP contribution in [0.15, 0.2) is 47.4 Å². The van der Waals surface area contributed by atoms with Crippen molar-refractivity contribution in [3.63, 3.8) is 0 Å². The van der Waals surface area contributed by atoms with Crippen LogP contribution in [0, 0.1) is 3.57 Å². The van der Waals surface area contributed by atoms with Crippen LogP contribution in [0.4, 0.5) is 4.79 Å². The van der Waals surface area contributed by atoms with Crippen LogP contribution in [0.25, 0.3) is 6.08 Å². The van der Waals surface area contributed by atoms with E-state index in [-0.39, 0.29) is 23.4 Å². The van der Waals surface area contributed by atoms with Crippen molar-refractivity contribution in [3.8, 4) is 5.75 Å². The molecule has 1 fully saturated rings. The van der Waals surface area contributed by atoms with Crippen molar-refractivity contribution < 1.29 is 14.7 Å². The van der Waals surface area contributed by atoms with Crippen molar-refractivity contribution in [2.24, 2.45) is 0 Å². The largest absolute Gasteiger partial charge is 0.507 e.